The van der Waals surface area contributed by atoms with E-state index in [0.717, 1.165) is 22.8 Å². The van der Waals surface area contributed by atoms with E-state index in [-0.39, 0.29) is 5.91 Å². The Morgan fingerprint density at radius 1 is 1.08 bits per heavy atom. The van der Waals surface area contributed by atoms with E-state index in [1.165, 1.54) is 6.08 Å². The summed E-state index contributed by atoms with van der Waals surface area (Å²) in [4.78, 5) is 11.9. The van der Waals surface area contributed by atoms with Crippen LogP contribution in [-0.2, 0) is 4.79 Å². The number of rotatable bonds is 7. The Hall–Kier alpha value is -3.15. The van der Waals surface area contributed by atoms with Gasteiger partial charge in [-0.1, -0.05) is 6.07 Å². The summed E-state index contributed by atoms with van der Waals surface area (Å²) in [6.45, 7) is 1.89. The molecular weight excluding hydrogens is 334 g/mol. The Kier molecular flexibility index (Phi) is 5.98. The van der Waals surface area contributed by atoms with E-state index in [4.69, 9.17) is 18.9 Å². The summed E-state index contributed by atoms with van der Waals surface area (Å²) < 4.78 is 21.6. The highest BCUT2D eigenvalue weighted by Gasteiger charge is 2.10. The van der Waals surface area contributed by atoms with Crippen LogP contribution in [0, 0.1) is 0 Å². The lowest BCUT2D eigenvalue weighted by atomic mass is 10.2. The topological polar surface area (TPSA) is 66.0 Å². The first-order valence-electron chi connectivity index (χ1n) is 8.37. The molecule has 2 aromatic rings. The Labute approximate surface area is 152 Å². The van der Waals surface area contributed by atoms with Crippen LogP contribution in [0.3, 0.4) is 0 Å². The number of amides is 1. The molecule has 0 aromatic heterocycles. The average molecular weight is 355 g/mol. The highest BCUT2D eigenvalue weighted by Crippen LogP contribution is 2.31. The van der Waals surface area contributed by atoms with Crippen molar-refractivity contribution in [3.8, 4) is 23.0 Å². The summed E-state index contributed by atoms with van der Waals surface area (Å²) in [7, 11) is 1.61. The fourth-order valence-corrected chi connectivity index (χ4v) is 2.41. The molecule has 0 atom stereocenters. The van der Waals surface area contributed by atoms with Crippen LogP contribution in [0.5, 0.6) is 23.0 Å². The second-order valence-electron chi connectivity index (χ2n) is 5.55. The minimum Gasteiger partial charge on any atom is -0.497 e. The predicted molar refractivity (Wildman–Crippen MR) is 98.0 cm³/mol. The second kappa shape index (κ2) is 8.80. The minimum atomic E-state index is -0.182. The molecule has 26 heavy (non-hydrogen) atoms. The lowest BCUT2D eigenvalue weighted by molar-refractivity contribution is -0.116. The van der Waals surface area contributed by atoms with Crippen LogP contribution < -0.4 is 24.3 Å². The first kappa shape index (κ1) is 17.7. The van der Waals surface area contributed by atoms with E-state index in [9.17, 15) is 4.79 Å². The van der Waals surface area contributed by atoms with Gasteiger partial charge >= 0.3 is 0 Å². The number of hydrogen-bond donors (Lipinski definition) is 1. The summed E-state index contributed by atoms with van der Waals surface area (Å²) in [6, 6.07) is 12.9. The zero-order chi connectivity index (χ0) is 18.2. The van der Waals surface area contributed by atoms with Crippen LogP contribution >= 0.6 is 0 Å². The standard InChI is InChI=1S/C20H21NO5/c1-23-16-4-6-17(7-5-16)24-11-10-21-20(22)9-3-15-2-8-18-19(14-15)26-13-12-25-18/h2-9,14H,10-13H2,1H3,(H,21,22)/b9-3+. The number of ether oxygens (including phenoxy) is 4. The van der Waals surface area contributed by atoms with Gasteiger partial charge in [0.05, 0.1) is 13.7 Å². The molecule has 1 aliphatic heterocycles. The molecule has 0 spiro atoms. The lowest BCUT2D eigenvalue weighted by Crippen LogP contribution is -2.26. The van der Waals surface area contributed by atoms with Gasteiger partial charge in [0, 0.05) is 6.08 Å². The van der Waals surface area contributed by atoms with Crippen molar-refractivity contribution in [1.82, 2.24) is 5.32 Å². The maximum Gasteiger partial charge on any atom is 0.244 e. The minimum absolute atomic E-state index is 0.182. The van der Waals surface area contributed by atoms with Crippen LogP contribution in [0.1, 0.15) is 5.56 Å². The third-order valence-corrected chi connectivity index (χ3v) is 3.72. The molecule has 3 rings (SSSR count). The largest absolute Gasteiger partial charge is 0.497 e. The van der Waals surface area contributed by atoms with Crippen molar-refractivity contribution < 1.29 is 23.7 Å². The molecule has 0 saturated carbocycles. The van der Waals surface area contributed by atoms with Crippen LogP contribution in [0.2, 0.25) is 0 Å². The van der Waals surface area contributed by atoms with Crippen molar-refractivity contribution in [3.05, 3.63) is 54.1 Å². The monoisotopic (exact) mass is 355 g/mol. The molecule has 0 fully saturated rings. The molecule has 0 saturated heterocycles. The van der Waals surface area contributed by atoms with Gasteiger partial charge in [-0.3, -0.25) is 4.79 Å². The van der Waals surface area contributed by atoms with Crippen molar-refractivity contribution in [1.29, 1.82) is 0 Å². The smallest absolute Gasteiger partial charge is 0.244 e. The molecule has 2 aromatic carbocycles. The fourth-order valence-electron chi connectivity index (χ4n) is 2.41. The fraction of sp³-hybridized carbons (Fsp3) is 0.250. The van der Waals surface area contributed by atoms with Crippen molar-refractivity contribution in [2.24, 2.45) is 0 Å². The van der Waals surface area contributed by atoms with Gasteiger partial charge in [0.25, 0.3) is 0 Å². The van der Waals surface area contributed by atoms with Gasteiger partial charge in [-0.15, -0.1) is 0 Å². The zero-order valence-electron chi connectivity index (χ0n) is 14.6. The molecule has 1 heterocycles. The molecule has 1 amide bonds. The Bertz CT molecular complexity index is 770. The number of carbonyl (C=O) groups excluding carboxylic acids is 1. The molecule has 1 N–H and O–H groups in total. The van der Waals surface area contributed by atoms with Gasteiger partial charge in [0.1, 0.15) is 31.3 Å². The molecule has 6 heteroatoms. The van der Waals surface area contributed by atoms with Gasteiger partial charge in [-0.2, -0.15) is 0 Å². The van der Waals surface area contributed by atoms with Crippen LogP contribution in [0.4, 0.5) is 0 Å². The first-order chi connectivity index (χ1) is 12.7. The molecule has 1 aliphatic rings. The molecule has 0 bridgehead atoms. The Morgan fingerprint density at radius 2 is 1.81 bits per heavy atom. The summed E-state index contributed by atoms with van der Waals surface area (Å²) in [5.74, 6) is 2.75. The third kappa shape index (κ3) is 4.92. The van der Waals surface area contributed by atoms with E-state index in [1.54, 1.807) is 13.2 Å². The Morgan fingerprint density at radius 3 is 2.58 bits per heavy atom. The molecule has 136 valence electrons. The SMILES string of the molecule is COc1ccc(OCCNC(=O)/C=C/c2ccc3c(c2)OCCO3)cc1. The van der Waals surface area contributed by atoms with E-state index < -0.39 is 0 Å². The van der Waals surface area contributed by atoms with Crippen LogP contribution in [0.25, 0.3) is 6.08 Å². The number of methoxy groups -OCH3 is 1. The molecule has 0 radical (unpaired) electrons. The van der Waals surface area contributed by atoms with Crippen molar-refractivity contribution in [3.63, 3.8) is 0 Å². The van der Waals surface area contributed by atoms with Crippen LogP contribution in [0.15, 0.2) is 48.5 Å². The summed E-state index contributed by atoms with van der Waals surface area (Å²) in [6.07, 6.45) is 3.22. The van der Waals surface area contributed by atoms with Gasteiger partial charge in [-0.05, 0) is 48.0 Å². The lowest BCUT2D eigenvalue weighted by Gasteiger charge is -2.18. The zero-order valence-corrected chi connectivity index (χ0v) is 14.6. The molecule has 6 nitrogen and oxygen atoms in total. The van der Waals surface area contributed by atoms with Gasteiger partial charge < -0.3 is 24.3 Å². The van der Waals surface area contributed by atoms with E-state index in [1.807, 2.05) is 42.5 Å². The summed E-state index contributed by atoms with van der Waals surface area (Å²) in [5, 5.41) is 2.78. The average Bonchev–Trinajstić information content (AvgIpc) is 2.70. The second-order valence-corrected chi connectivity index (χ2v) is 5.55. The number of benzene rings is 2. The van der Waals surface area contributed by atoms with Gasteiger partial charge in [-0.25, -0.2) is 0 Å². The van der Waals surface area contributed by atoms with Gasteiger partial charge in [0.15, 0.2) is 11.5 Å². The molecule has 0 unspecified atom stereocenters. The van der Waals surface area contributed by atoms with Crippen molar-refractivity contribution >= 4 is 12.0 Å². The number of nitrogens with one attached hydrogen (secondary N) is 1. The number of carbonyl (C=O) groups is 1. The summed E-state index contributed by atoms with van der Waals surface area (Å²) >= 11 is 0. The highest BCUT2D eigenvalue weighted by atomic mass is 16.6. The van der Waals surface area contributed by atoms with Crippen molar-refractivity contribution in [2.75, 3.05) is 33.5 Å². The quantitative estimate of drug-likeness (QED) is 0.611. The van der Waals surface area contributed by atoms with Gasteiger partial charge in [0.2, 0.25) is 5.91 Å². The molecular formula is C20H21NO5. The number of fused-ring (bicyclic) bond motifs is 1. The third-order valence-electron chi connectivity index (χ3n) is 3.72. The number of hydrogen-bond acceptors (Lipinski definition) is 5. The van der Waals surface area contributed by atoms with Crippen LogP contribution in [-0.4, -0.2) is 39.4 Å². The summed E-state index contributed by atoms with van der Waals surface area (Å²) in [5.41, 5.74) is 0.874. The molecule has 0 aliphatic carbocycles. The predicted octanol–water partition coefficient (Wildman–Crippen LogP) is 2.67. The normalized spacial score (nSPS) is 12.7. The first-order valence-corrected chi connectivity index (χ1v) is 8.37. The maximum absolute atomic E-state index is 11.9. The Balaban J connectivity index is 1.41. The van der Waals surface area contributed by atoms with E-state index >= 15 is 0 Å². The van der Waals surface area contributed by atoms with E-state index in [2.05, 4.69) is 5.32 Å². The van der Waals surface area contributed by atoms with Crippen molar-refractivity contribution in [2.45, 2.75) is 0 Å². The maximum atomic E-state index is 11.9. The highest BCUT2D eigenvalue weighted by molar-refractivity contribution is 5.91. The van der Waals surface area contributed by atoms with E-state index in [0.29, 0.717) is 32.1 Å².